The number of urea groups is 1. The van der Waals surface area contributed by atoms with E-state index in [4.69, 9.17) is 13.9 Å². The fourth-order valence-electron chi connectivity index (χ4n) is 2.56. The number of amides is 2. The van der Waals surface area contributed by atoms with E-state index in [9.17, 15) is 4.79 Å². The van der Waals surface area contributed by atoms with E-state index in [0.29, 0.717) is 32.1 Å². The first kappa shape index (κ1) is 16.8. The summed E-state index contributed by atoms with van der Waals surface area (Å²) in [4.78, 5) is 14.3. The number of morpholine rings is 1. The summed E-state index contributed by atoms with van der Waals surface area (Å²) in [7, 11) is 1.61. The number of nitrogens with zero attached hydrogens (tertiary/aromatic N) is 1. The molecule has 1 aromatic rings. The number of aryl methyl sites for hydroxylation is 1. The van der Waals surface area contributed by atoms with Gasteiger partial charge in [-0.2, -0.15) is 0 Å². The summed E-state index contributed by atoms with van der Waals surface area (Å²) in [5, 5.41) is 2.99. The van der Waals surface area contributed by atoms with Crippen LogP contribution in [0.2, 0.25) is 0 Å². The first-order valence-corrected chi connectivity index (χ1v) is 7.72. The van der Waals surface area contributed by atoms with Gasteiger partial charge in [-0.05, 0) is 32.4 Å². The van der Waals surface area contributed by atoms with Crippen LogP contribution in [-0.2, 0) is 9.47 Å². The van der Waals surface area contributed by atoms with Gasteiger partial charge in [0, 0.05) is 13.7 Å². The van der Waals surface area contributed by atoms with Gasteiger partial charge in [0.1, 0.15) is 17.6 Å². The van der Waals surface area contributed by atoms with Crippen LogP contribution < -0.4 is 5.32 Å². The Labute approximate surface area is 131 Å². The van der Waals surface area contributed by atoms with Crippen LogP contribution in [0.25, 0.3) is 0 Å². The number of rotatable bonds is 5. The number of furan rings is 1. The first-order valence-electron chi connectivity index (χ1n) is 7.72. The zero-order chi connectivity index (χ0) is 16.2. The molecule has 1 aliphatic rings. The predicted octanol–water partition coefficient (Wildman–Crippen LogP) is 2.49. The first-order chi connectivity index (χ1) is 10.5. The second kappa shape index (κ2) is 7.15. The molecule has 0 radical (unpaired) electrons. The van der Waals surface area contributed by atoms with E-state index in [2.05, 4.69) is 12.2 Å². The molecule has 2 heterocycles. The lowest BCUT2D eigenvalue weighted by Gasteiger charge is -2.40. The average molecular weight is 310 g/mol. The maximum absolute atomic E-state index is 12.5. The van der Waals surface area contributed by atoms with Crippen molar-refractivity contribution in [2.45, 2.75) is 38.8 Å². The van der Waals surface area contributed by atoms with Crippen molar-refractivity contribution in [3.8, 4) is 0 Å². The van der Waals surface area contributed by atoms with E-state index < -0.39 is 0 Å². The highest BCUT2D eigenvalue weighted by Crippen LogP contribution is 2.22. The van der Waals surface area contributed by atoms with Crippen molar-refractivity contribution in [3.05, 3.63) is 23.7 Å². The molecule has 2 unspecified atom stereocenters. The molecule has 124 valence electrons. The van der Waals surface area contributed by atoms with Gasteiger partial charge in [0.25, 0.3) is 0 Å². The van der Waals surface area contributed by atoms with Crippen LogP contribution in [0.1, 0.15) is 37.8 Å². The van der Waals surface area contributed by atoms with Crippen molar-refractivity contribution in [2.24, 2.45) is 0 Å². The van der Waals surface area contributed by atoms with Gasteiger partial charge in [-0.3, -0.25) is 0 Å². The van der Waals surface area contributed by atoms with E-state index in [-0.39, 0.29) is 17.7 Å². The van der Waals surface area contributed by atoms with Crippen LogP contribution in [0.3, 0.4) is 0 Å². The van der Waals surface area contributed by atoms with Gasteiger partial charge < -0.3 is 24.1 Å². The second-order valence-corrected chi connectivity index (χ2v) is 5.98. The summed E-state index contributed by atoms with van der Waals surface area (Å²) in [6.45, 7) is 8.10. The summed E-state index contributed by atoms with van der Waals surface area (Å²) in [6, 6.07) is 3.35. The lowest BCUT2D eigenvalue weighted by molar-refractivity contribution is -0.0876. The number of methoxy groups -OCH3 is 1. The molecule has 1 aliphatic heterocycles. The Morgan fingerprint density at radius 3 is 2.91 bits per heavy atom. The van der Waals surface area contributed by atoms with Crippen molar-refractivity contribution in [3.63, 3.8) is 0 Å². The van der Waals surface area contributed by atoms with Crippen LogP contribution in [0, 0.1) is 6.92 Å². The maximum Gasteiger partial charge on any atom is 0.318 e. The Kier molecular flexibility index (Phi) is 5.47. The molecule has 0 aromatic carbocycles. The molecule has 6 heteroatoms. The van der Waals surface area contributed by atoms with Crippen molar-refractivity contribution < 1.29 is 18.7 Å². The molecule has 0 spiro atoms. The minimum absolute atomic E-state index is 0.112. The van der Waals surface area contributed by atoms with Gasteiger partial charge >= 0.3 is 6.03 Å². The Hall–Kier alpha value is -1.53. The van der Waals surface area contributed by atoms with E-state index in [1.165, 1.54) is 0 Å². The molecule has 22 heavy (non-hydrogen) atoms. The van der Waals surface area contributed by atoms with Crippen LogP contribution in [0.5, 0.6) is 0 Å². The molecular formula is C16H26N2O4. The normalized spacial score (nSPS) is 23.4. The molecule has 1 aromatic heterocycles. The number of hydrogen-bond acceptors (Lipinski definition) is 4. The Balaban J connectivity index is 2.01. The van der Waals surface area contributed by atoms with Crippen LogP contribution in [-0.4, -0.2) is 49.9 Å². The third-order valence-corrected chi connectivity index (χ3v) is 4.11. The number of hydrogen-bond donors (Lipinski definition) is 1. The fraction of sp³-hybridized carbons (Fsp3) is 0.688. The molecule has 2 rings (SSSR count). The average Bonchev–Trinajstić information content (AvgIpc) is 2.93. The van der Waals surface area contributed by atoms with Gasteiger partial charge in [-0.15, -0.1) is 0 Å². The van der Waals surface area contributed by atoms with Gasteiger partial charge in [-0.1, -0.05) is 6.92 Å². The third kappa shape index (κ3) is 4.01. The minimum atomic E-state index is -0.290. The van der Waals surface area contributed by atoms with Crippen molar-refractivity contribution >= 4 is 6.03 Å². The largest absolute Gasteiger partial charge is 0.464 e. The van der Waals surface area contributed by atoms with E-state index in [0.717, 1.165) is 12.2 Å². The number of ether oxygens (including phenoxy) is 2. The van der Waals surface area contributed by atoms with Gasteiger partial charge in [-0.25, -0.2) is 4.79 Å². The van der Waals surface area contributed by atoms with Crippen molar-refractivity contribution in [1.82, 2.24) is 10.2 Å². The molecule has 2 amide bonds. The molecule has 0 bridgehead atoms. The summed E-state index contributed by atoms with van der Waals surface area (Å²) < 4.78 is 16.6. The Bertz CT molecular complexity index is 502. The summed E-state index contributed by atoms with van der Waals surface area (Å²) in [5.41, 5.74) is -0.270. The monoisotopic (exact) mass is 310 g/mol. The lowest BCUT2D eigenvalue weighted by atomic mass is 10.0. The quantitative estimate of drug-likeness (QED) is 0.907. The zero-order valence-corrected chi connectivity index (χ0v) is 13.8. The third-order valence-electron chi connectivity index (χ3n) is 4.11. The van der Waals surface area contributed by atoms with Gasteiger partial charge in [0.2, 0.25) is 0 Å². The van der Waals surface area contributed by atoms with E-state index in [1.54, 1.807) is 12.0 Å². The fourth-order valence-corrected chi connectivity index (χ4v) is 2.56. The summed E-state index contributed by atoms with van der Waals surface area (Å²) >= 11 is 0. The highest BCUT2D eigenvalue weighted by molar-refractivity contribution is 5.74. The molecular weight excluding hydrogens is 284 g/mol. The van der Waals surface area contributed by atoms with E-state index >= 15 is 0 Å². The molecule has 2 atom stereocenters. The molecule has 1 fully saturated rings. The topological polar surface area (TPSA) is 63.9 Å². The Morgan fingerprint density at radius 1 is 1.55 bits per heavy atom. The number of nitrogens with one attached hydrogen (secondary N) is 1. The highest BCUT2D eigenvalue weighted by Gasteiger charge is 2.33. The van der Waals surface area contributed by atoms with Crippen LogP contribution >= 0.6 is 0 Å². The van der Waals surface area contributed by atoms with Crippen LogP contribution in [0.4, 0.5) is 4.79 Å². The second-order valence-electron chi connectivity index (χ2n) is 5.98. The number of carbonyl (C=O) groups is 1. The standard InChI is InChI=1S/C16H26N2O4/c1-5-16(3)11-18(8-9-21-16)15(19)17-13(10-20-4)14-7-6-12(2)22-14/h6-7,13H,5,8-11H2,1-4H3,(H,17,19). The molecule has 0 aliphatic carbocycles. The van der Waals surface area contributed by atoms with E-state index in [1.807, 2.05) is 26.0 Å². The number of carbonyl (C=O) groups excluding carboxylic acids is 1. The predicted molar refractivity (Wildman–Crippen MR) is 82.8 cm³/mol. The smallest absolute Gasteiger partial charge is 0.318 e. The van der Waals surface area contributed by atoms with Crippen molar-refractivity contribution in [1.29, 1.82) is 0 Å². The molecule has 1 N–H and O–H groups in total. The maximum atomic E-state index is 12.5. The molecule has 6 nitrogen and oxygen atoms in total. The van der Waals surface area contributed by atoms with Crippen LogP contribution in [0.15, 0.2) is 16.5 Å². The summed E-state index contributed by atoms with van der Waals surface area (Å²) in [5.74, 6) is 1.52. The highest BCUT2D eigenvalue weighted by atomic mass is 16.5. The van der Waals surface area contributed by atoms with Gasteiger partial charge in [0.05, 0.1) is 25.4 Å². The SMILES string of the molecule is CCC1(C)CN(C(=O)NC(COC)c2ccc(C)o2)CCO1. The Morgan fingerprint density at radius 2 is 2.32 bits per heavy atom. The van der Waals surface area contributed by atoms with Gasteiger partial charge in [0.15, 0.2) is 0 Å². The summed E-state index contributed by atoms with van der Waals surface area (Å²) in [6.07, 6.45) is 0.871. The minimum Gasteiger partial charge on any atom is -0.464 e. The van der Waals surface area contributed by atoms with Crippen molar-refractivity contribution in [2.75, 3.05) is 33.4 Å². The molecule has 1 saturated heterocycles. The lowest BCUT2D eigenvalue weighted by Crippen LogP contribution is -2.55. The molecule has 0 saturated carbocycles. The zero-order valence-electron chi connectivity index (χ0n) is 13.8.